The highest BCUT2D eigenvalue weighted by Crippen LogP contribution is 2.15. The van der Waals surface area contributed by atoms with Gasteiger partial charge in [0.05, 0.1) is 12.7 Å². The van der Waals surface area contributed by atoms with Gasteiger partial charge in [0.15, 0.2) is 5.54 Å². The van der Waals surface area contributed by atoms with Crippen LogP contribution in [0.15, 0.2) is 12.2 Å². The van der Waals surface area contributed by atoms with Crippen LogP contribution in [0.2, 0.25) is 0 Å². The van der Waals surface area contributed by atoms with Crippen LogP contribution in [0.25, 0.3) is 0 Å². The summed E-state index contributed by atoms with van der Waals surface area (Å²) >= 11 is 0. The van der Waals surface area contributed by atoms with E-state index in [2.05, 4.69) is 6.92 Å². The van der Waals surface area contributed by atoms with E-state index in [1.165, 1.54) is 12.8 Å². The van der Waals surface area contributed by atoms with E-state index in [1.807, 2.05) is 6.08 Å². The van der Waals surface area contributed by atoms with Gasteiger partial charge in [-0.15, -0.1) is 0 Å². The Hall–Kier alpha value is -1.28. The zero-order valence-electron chi connectivity index (χ0n) is 17.2. The number of ketones is 1. The van der Waals surface area contributed by atoms with Crippen LogP contribution < -0.4 is 5.73 Å². The van der Waals surface area contributed by atoms with Crippen molar-refractivity contribution in [2.75, 3.05) is 6.61 Å². The topological polar surface area (TPSA) is 141 Å². The third kappa shape index (κ3) is 10.9. The van der Waals surface area contributed by atoms with Crippen molar-refractivity contribution in [3.05, 3.63) is 12.2 Å². The lowest BCUT2D eigenvalue weighted by molar-refractivity contribution is -0.155. The van der Waals surface area contributed by atoms with E-state index < -0.39 is 30.3 Å². The number of carboxylic acids is 1. The summed E-state index contributed by atoms with van der Waals surface area (Å²) in [6, 6.07) is 0. The SMILES string of the molecule is CCCCCCC(=O)CCCCCC/C=C/C[C@@H](O)[C@@H](O)[C@@](N)(CO)C(=O)O. The first-order chi connectivity index (χ1) is 13.3. The minimum Gasteiger partial charge on any atom is -0.480 e. The summed E-state index contributed by atoms with van der Waals surface area (Å²) in [5.41, 5.74) is 3.16. The second-order valence-electron chi connectivity index (χ2n) is 7.53. The Bertz CT molecular complexity index is 468. The van der Waals surface area contributed by atoms with Crippen LogP contribution in [-0.4, -0.2) is 56.5 Å². The maximum atomic E-state index is 11.7. The molecule has 0 bridgehead atoms. The molecule has 164 valence electrons. The number of unbranched alkanes of at least 4 members (excludes halogenated alkanes) is 7. The first-order valence-electron chi connectivity index (χ1n) is 10.5. The summed E-state index contributed by atoms with van der Waals surface area (Å²) in [6.07, 6.45) is 11.1. The highest BCUT2D eigenvalue weighted by atomic mass is 16.4. The van der Waals surface area contributed by atoms with E-state index in [9.17, 15) is 19.8 Å². The van der Waals surface area contributed by atoms with Gasteiger partial charge in [-0.3, -0.25) is 9.59 Å². The van der Waals surface area contributed by atoms with Crippen molar-refractivity contribution in [3.8, 4) is 0 Å². The van der Waals surface area contributed by atoms with Crippen LogP contribution in [0.4, 0.5) is 0 Å². The lowest BCUT2D eigenvalue weighted by Crippen LogP contribution is -2.63. The van der Waals surface area contributed by atoms with Crippen LogP contribution >= 0.6 is 0 Å². The smallest absolute Gasteiger partial charge is 0.328 e. The number of hydrogen-bond acceptors (Lipinski definition) is 6. The average molecular weight is 402 g/mol. The van der Waals surface area contributed by atoms with Gasteiger partial charge in [-0.1, -0.05) is 51.2 Å². The Kier molecular flexibility index (Phi) is 14.9. The molecule has 0 aliphatic rings. The van der Waals surface area contributed by atoms with Gasteiger partial charge in [-0.2, -0.15) is 0 Å². The molecule has 0 unspecified atom stereocenters. The predicted molar refractivity (Wildman–Crippen MR) is 109 cm³/mol. The van der Waals surface area contributed by atoms with E-state index in [0.717, 1.165) is 44.9 Å². The van der Waals surface area contributed by atoms with Crippen LogP contribution in [0.5, 0.6) is 0 Å². The standard InChI is InChI=1S/C21H39NO6/c1-2-3-4-10-13-17(24)14-11-8-6-5-7-9-12-15-18(25)19(26)21(22,16-23)20(27)28/h9,12,18-19,23,25-26H,2-8,10-11,13-16,22H2,1H3,(H,27,28)/b12-9+/t18-,19-,21+/m1/s1. The van der Waals surface area contributed by atoms with Gasteiger partial charge >= 0.3 is 5.97 Å². The first kappa shape index (κ1) is 26.7. The second kappa shape index (κ2) is 15.6. The molecule has 0 aromatic rings. The van der Waals surface area contributed by atoms with Gasteiger partial charge in [-0.25, -0.2) is 0 Å². The van der Waals surface area contributed by atoms with E-state index in [4.69, 9.17) is 15.9 Å². The highest BCUT2D eigenvalue weighted by molar-refractivity contribution is 5.79. The summed E-state index contributed by atoms with van der Waals surface area (Å²) in [5.74, 6) is -1.20. The molecule has 6 N–H and O–H groups in total. The number of allylic oxidation sites excluding steroid dienone is 1. The zero-order chi connectivity index (χ0) is 21.4. The molecule has 0 saturated heterocycles. The molecule has 0 fully saturated rings. The number of rotatable bonds is 18. The molecule has 0 spiro atoms. The van der Waals surface area contributed by atoms with Crippen molar-refractivity contribution in [2.24, 2.45) is 5.73 Å². The van der Waals surface area contributed by atoms with Crippen LogP contribution in [0.3, 0.4) is 0 Å². The van der Waals surface area contributed by atoms with E-state index in [-0.39, 0.29) is 6.42 Å². The number of aliphatic hydroxyl groups excluding tert-OH is 3. The second-order valence-corrected chi connectivity index (χ2v) is 7.53. The number of carbonyl (C=O) groups excluding carboxylic acids is 1. The molecular weight excluding hydrogens is 362 g/mol. The van der Waals surface area contributed by atoms with E-state index >= 15 is 0 Å². The molecular formula is C21H39NO6. The molecule has 7 nitrogen and oxygen atoms in total. The fraction of sp³-hybridized carbons (Fsp3) is 0.810. The van der Waals surface area contributed by atoms with E-state index in [0.29, 0.717) is 18.6 Å². The Morgan fingerprint density at radius 2 is 1.54 bits per heavy atom. The maximum absolute atomic E-state index is 11.7. The summed E-state index contributed by atoms with van der Waals surface area (Å²) in [6.45, 7) is 1.19. The summed E-state index contributed by atoms with van der Waals surface area (Å²) in [5, 5.41) is 37.8. The Labute approximate surface area is 168 Å². The maximum Gasteiger partial charge on any atom is 0.328 e. The van der Waals surface area contributed by atoms with Crippen LogP contribution in [0.1, 0.15) is 84.0 Å². The highest BCUT2D eigenvalue weighted by Gasteiger charge is 2.44. The molecule has 0 aromatic carbocycles. The van der Waals surface area contributed by atoms with Crippen LogP contribution in [-0.2, 0) is 9.59 Å². The molecule has 0 amide bonds. The van der Waals surface area contributed by atoms with Gasteiger partial charge in [0.1, 0.15) is 11.9 Å². The molecule has 0 rings (SSSR count). The predicted octanol–water partition coefficient (Wildman–Crippen LogP) is 2.31. The summed E-state index contributed by atoms with van der Waals surface area (Å²) in [7, 11) is 0. The average Bonchev–Trinajstić information content (AvgIpc) is 2.68. The van der Waals surface area contributed by atoms with Gasteiger partial charge in [0, 0.05) is 12.8 Å². The number of hydrogen-bond donors (Lipinski definition) is 5. The number of carboxylic acid groups (broad SMARTS) is 1. The van der Waals surface area contributed by atoms with Crippen molar-refractivity contribution >= 4 is 11.8 Å². The van der Waals surface area contributed by atoms with Gasteiger partial charge < -0.3 is 26.2 Å². The molecule has 0 aliphatic heterocycles. The van der Waals surface area contributed by atoms with Crippen molar-refractivity contribution in [1.29, 1.82) is 0 Å². The fourth-order valence-electron chi connectivity index (χ4n) is 2.93. The monoisotopic (exact) mass is 401 g/mol. The van der Waals surface area contributed by atoms with Crippen molar-refractivity contribution in [1.82, 2.24) is 0 Å². The zero-order valence-corrected chi connectivity index (χ0v) is 17.2. The van der Waals surface area contributed by atoms with Crippen LogP contribution in [0, 0.1) is 0 Å². The largest absolute Gasteiger partial charge is 0.480 e. The molecule has 0 heterocycles. The Balaban J connectivity index is 3.80. The van der Waals surface area contributed by atoms with E-state index in [1.54, 1.807) is 6.08 Å². The van der Waals surface area contributed by atoms with Crippen molar-refractivity contribution in [2.45, 2.75) is 102 Å². The fourth-order valence-corrected chi connectivity index (χ4v) is 2.93. The number of carbonyl (C=O) groups is 2. The van der Waals surface area contributed by atoms with Gasteiger partial charge in [-0.05, 0) is 32.1 Å². The van der Waals surface area contributed by atoms with Crippen molar-refractivity contribution in [3.63, 3.8) is 0 Å². The van der Waals surface area contributed by atoms with Crippen molar-refractivity contribution < 1.29 is 30.0 Å². The minimum absolute atomic E-state index is 0.0555. The summed E-state index contributed by atoms with van der Waals surface area (Å²) in [4.78, 5) is 22.7. The molecule has 0 radical (unpaired) electrons. The molecule has 0 aromatic heterocycles. The quantitative estimate of drug-likeness (QED) is 0.175. The normalized spacial score (nSPS) is 16.0. The number of nitrogens with two attached hydrogens (primary N) is 1. The molecule has 0 aliphatic carbocycles. The lowest BCUT2D eigenvalue weighted by atomic mass is 9.89. The number of Topliss-reactive ketones (excluding diaryl/α,β-unsaturated/α-hetero) is 1. The first-order valence-corrected chi connectivity index (χ1v) is 10.5. The minimum atomic E-state index is -2.28. The number of aliphatic carboxylic acids is 1. The summed E-state index contributed by atoms with van der Waals surface area (Å²) < 4.78 is 0. The van der Waals surface area contributed by atoms with Gasteiger partial charge in [0.2, 0.25) is 0 Å². The molecule has 3 atom stereocenters. The molecule has 0 saturated carbocycles. The third-order valence-electron chi connectivity index (χ3n) is 4.98. The number of aliphatic hydroxyl groups is 3. The molecule has 7 heteroatoms. The Morgan fingerprint density at radius 3 is 2.07 bits per heavy atom. The Morgan fingerprint density at radius 1 is 0.964 bits per heavy atom. The van der Waals surface area contributed by atoms with Gasteiger partial charge in [0.25, 0.3) is 0 Å². The third-order valence-corrected chi connectivity index (χ3v) is 4.98. The molecule has 28 heavy (non-hydrogen) atoms. The lowest BCUT2D eigenvalue weighted by Gasteiger charge is -2.30.